The van der Waals surface area contributed by atoms with Gasteiger partial charge in [-0.2, -0.15) is 0 Å². The van der Waals surface area contributed by atoms with E-state index in [1.165, 1.54) is 12.1 Å². The lowest BCUT2D eigenvalue weighted by Crippen LogP contribution is -2.10. The molecule has 0 radical (unpaired) electrons. The molecule has 0 bridgehead atoms. The molecular formula is C18H15FN4O. The smallest absolute Gasteiger partial charge is 0.163 e. The minimum Gasteiger partial charge on any atom is -0.377 e. The Morgan fingerprint density at radius 1 is 1.12 bits per heavy atom. The molecule has 1 aliphatic heterocycles. The summed E-state index contributed by atoms with van der Waals surface area (Å²) >= 11 is 0. The largest absolute Gasteiger partial charge is 0.377 e. The average Bonchev–Trinajstić information content (AvgIpc) is 2.92. The summed E-state index contributed by atoms with van der Waals surface area (Å²) in [6.45, 7) is 0.696. The molecule has 0 unspecified atom stereocenters. The van der Waals surface area contributed by atoms with E-state index in [2.05, 4.69) is 15.2 Å². The fraction of sp³-hybridized carbons (Fsp3) is 0.167. The monoisotopic (exact) mass is 322 g/mol. The van der Waals surface area contributed by atoms with Crippen LogP contribution in [0, 0.1) is 5.82 Å². The van der Waals surface area contributed by atoms with Crippen molar-refractivity contribution in [3.8, 4) is 5.69 Å². The standard InChI is InChI=1S/C18H15FN4O/c1-24-11-17-22-21-16-10-20-18(12-5-3-2-4-6-12)14-9-13(19)7-8-15(14)23(16)17/h2-9H,10-11H2,1H3. The van der Waals surface area contributed by atoms with Gasteiger partial charge in [-0.3, -0.25) is 9.56 Å². The number of aliphatic imine (C=N–C) groups is 1. The molecule has 1 aliphatic rings. The van der Waals surface area contributed by atoms with Crippen LogP contribution in [0.5, 0.6) is 0 Å². The Labute approximate surface area is 138 Å². The molecule has 3 aromatic rings. The predicted octanol–water partition coefficient (Wildman–Crippen LogP) is 2.90. The van der Waals surface area contributed by atoms with E-state index in [-0.39, 0.29) is 5.82 Å². The first-order valence-electron chi connectivity index (χ1n) is 7.60. The molecule has 24 heavy (non-hydrogen) atoms. The van der Waals surface area contributed by atoms with E-state index in [1.807, 2.05) is 34.9 Å². The predicted molar refractivity (Wildman–Crippen MR) is 87.8 cm³/mol. The van der Waals surface area contributed by atoms with Crippen LogP contribution in [0.2, 0.25) is 0 Å². The van der Waals surface area contributed by atoms with Gasteiger partial charge in [0.1, 0.15) is 19.0 Å². The quantitative estimate of drug-likeness (QED) is 0.745. The van der Waals surface area contributed by atoms with E-state index in [1.54, 1.807) is 13.2 Å². The molecule has 6 heteroatoms. The number of hydrogen-bond donors (Lipinski definition) is 0. The van der Waals surface area contributed by atoms with Gasteiger partial charge in [0.15, 0.2) is 11.6 Å². The molecule has 2 aromatic carbocycles. The highest BCUT2D eigenvalue weighted by atomic mass is 19.1. The van der Waals surface area contributed by atoms with Crippen molar-refractivity contribution in [2.45, 2.75) is 13.2 Å². The molecule has 1 aromatic heterocycles. The lowest BCUT2D eigenvalue weighted by Gasteiger charge is -2.13. The highest BCUT2D eigenvalue weighted by molar-refractivity contribution is 6.15. The van der Waals surface area contributed by atoms with Crippen LogP contribution in [0.3, 0.4) is 0 Å². The number of aromatic nitrogens is 3. The van der Waals surface area contributed by atoms with Crippen LogP contribution < -0.4 is 0 Å². The first-order valence-corrected chi connectivity index (χ1v) is 7.60. The van der Waals surface area contributed by atoms with Crippen LogP contribution >= 0.6 is 0 Å². The Balaban J connectivity index is 1.96. The minimum atomic E-state index is -0.304. The molecule has 120 valence electrons. The Morgan fingerprint density at radius 2 is 1.96 bits per heavy atom. The third kappa shape index (κ3) is 2.41. The van der Waals surface area contributed by atoms with Crippen molar-refractivity contribution in [3.63, 3.8) is 0 Å². The summed E-state index contributed by atoms with van der Waals surface area (Å²) in [5.41, 5.74) is 3.22. The van der Waals surface area contributed by atoms with Gasteiger partial charge in [-0.1, -0.05) is 30.3 Å². The molecule has 0 saturated carbocycles. The normalized spacial score (nSPS) is 13.0. The lowest BCUT2D eigenvalue weighted by molar-refractivity contribution is 0.176. The second-order valence-electron chi connectivity index (χ2n) is 5.49. The van der Waals surface area contributed by atoms with Crippen molar-refractivity contribution in [1.82, 2.24) is 14.8 Å². The van der Waals surface area contributed by atoms with Crippen LogP contribution in [0.15, 0.2) is 53.5 Å². The maximum Gasteiger partial charge on any atom is 0.163 e. The van der Waals surface area contributed by atoms with Gasteiger partial charge in [0, 0.05) is 18.2 Å². The first kappa shape index (κ1) is 14.7. The van der Waals surface area contributed by atoms with E-state index < -0.39 is 0 Å². The number of halogens is 1. The van der Waals surface area contributed by atoms with Crippen molar-refractivity contribution < 1.29 is 9.13 Å². The number of nitrogens with zero attached hydrogens (tertiary/aromatic N) is 4. The van der Waals surface area contributed by atoms with Gasteiger partial charge in [-0.15, -0.1) is 10.2 Å². The third-order valence-electron chi connectivity index (χ3n) is 3.95. The summed E-state index contributed by atoms with van der Waals surface area (Å²) < 4.78 is 21.1. The molecule has 0 fully saturated rings. The topological polar surface area (TPSA) is 52.3 Å². The van der Waals surface area contributed by atoms with E-state index in [0.717, 1.165) is 22.5 Å². The van der Waals surface area contributed by atoms with E-state index in [4.69, 9.17) is 4.74 Å². The van der Waals surface area contributed by atoms with E-state index in [9.17, 15) is 4.39 Å². The van der Waals surface area contributed by atoms with Crippen molar-refractivity contribution in [2.75, 3.05) is 7.11 Å². The molecule has 5 nitrogen and oxygen atoms in total. The highest BCUT2D eigenvalue weighted by Gasteiger charge is 2.23. The Hall–Kier alpha value is -2.86. The average molecular weight is 322 g/mol. The van der Waals surface area contributed by atoms with Crippen LogP contribution in [-0.4, -0.2) is 27.6 Å². The van der Waals surface area contributed by atoms with Gasteiger partial charge >= 0.3 is 0 Å². The zero-order valence-corrected chi connectivity index (χ0v) is 13.1. The third-order valence-corrected chi connectivity index (χ3v) is 3.95. The second kappa shape index (κ2) is 5.98. The van der Waals surface area contributed by atoms with Crippen molar-refractivity contribution in [1.29, 1.82) is 0 Å². The first-order chi connectivity index (χ1) is 11.8. The summed E-state index contributed by atoms with van der Waals surface area (Å²) in [7, 11) is 1.61. The zero-order valence-electron chi connectivity index (χ0n) is 13.1. The van der Waals surface area contributed by atoms with Crippen LogP contribution in [0.4, 0.5) is 4.39 Å². The van der Waals surface area contributed by atoms with E-state index in [0.29, 0.717) is 24.8 Å². The Morgan fingerprint density at radius 3 is 2.75 bits per heavy atom. The fourth-order valence-electron chi connectivity index (χ4n) is 2.93. The maximum atomic E-state index is 13.9. The highest BCUT2D eigenvalue weighted by Crippen LogP contribution is 2.26. The van der Waals surface area contributed by atoms with Gasteiger partial charge in [-0.05, 0) is 18.2 Å². The number of fused-ring (bicyclic) bond motifs is 3. The SMILES string of the molecule is COCc1nnc2n1-c1ccc(F)cc1C(c1ccccc1)=NC2. The van der Waals surface area contributed by atoms with Crippen LogP contribution in [-0.2, 0) is 17.9 Å². The molecule has 0 aliphatic carbocycles. The fourth-order valence-corrected chi connectivity index (χ4v) is 2.93. The molecule has 0 saturated heterocycles. The van der Waals surface area contributed by atoms with Gasteiger partial charge in [0.05, 0.1) is 11.4 Å². The molecule has 0 atom stereocenters. The lowest BCUT2D eigenvalue weighted by atomic mass is 10.0. The zero-order chi connectivity index (χ0) is 16.5. The van der Waals surface area contributed by atoms with Crippen LogP contribution in [0.25, 0.3) is 5.69 Å². The van der Waals surface area contributed by atoms with E-state index >= 15 is 0 Å². The summed E-state index contributed by atoms with van der Waals surface area (Å²) in [5.74, 6) is 1.08. The summed E-state index contributed by atoms with van der Waals surface area (Å²) in [6.07, 6.45) is 0. The minimum absolute atomic E-state index is 0.304. The maximum absolute atomic E-state index is 13.9. The number of ether oxygens (including phenoxy) is 1. The molecule has 0 N–H and O–H groups in total. The summed E-state index contributed by atoms with van der Waals surface area (Å²) in [6, 6.07) is 14.4. The van der Waals surface area contributed by atoms with Gasteiger partial charge in [-0.25, -0.2) is 4.39 Å². The number of hydrogen-bond acceptors (Lipinski definition) is 4. The number of rotatable bonds is 3. The van der Waals surface area contributed by atoms with Crippen molar-refractivity contribution >= 4 is 5.71 Å². The van der Waals surface area contributed by atoms with Crippen molar-refractivity contribution in [2.24, 2.45) is 4.99 Å². The molecular weight excluding hydrogens is 307 g/mol. The Kier molecular flexibility index (Phi) is 3.66. The number of benzene rings is 2. The van der Waals surface area contributed by atoms with Crippen molar-refractivity contribution in [3.05, 3.63) is 77.1 Å². The Bertz CT molecular complexity index is 918. The number of methoxy groups -OCH3 is 1. The second-order valence-corrected chi connectivity index (χ2v) is 5.49. The molecule has 2 heterocycles. The van der Waals surface area contributed by atoms with Gasteiger partial charge < -0.3 is 4.74 Å². The summed E-state index contributed by atoms with van der Waals surface area (Å²) in [4.78, 5) is 4.68. The van der Waals surface area contributed by atoms with Crippen LogP contribution in [0.1, 0.15) is 22.8 Å². The molecule has 0 amide bonds. The van der Waals surface area contributed by atoms with Gasteiger partial charge in [0.25, 0.3) is 0 Å². The molecule has 4 rings (SSSR count). The summed E-state index contributed by atoms with van der Waals surface area (Å²) in [5, 5.41) is 8.39. The van der Waals surface area contributed by atoms with Gasteiger partial charge in [0.2, 0.25) is 0 Å². The molecule has 0 spiro atoms.